The van der Waals surface area contributed by atoms with Crippen LogP contribution in [0.2, 0.25) is 0 Å². The first kappa shape index (κ1) is 9.75. The Labute approximate surface area is 74.2 Å². The van der Waals surface area contributed by atoms with E-state index >= 15 is 0 Å². The van der Waals surface area contributed by atoms with Crippen LogP contribution in [0.3, 0.4) is 0 Å². The van der Waals surface area contributed by atoms with Gasteiger partial charge in [0.05, 0.1) is 6.61 Å². The monoisotopic (exact) mass is 170 g/mol. The summed E-state index contributed by atoms with van der Waals surface area (Å²) in [6, 6.07) is 0. The summed E-state index contributed by atoms with van der Waals surface area (Å²) in [7, 11) is 0. The molecule has 12 heavy (non-hydrogen) atoms. The second-order valence-corrected chi connectivity index (χ2v) is 3.88. The minimum atomic E-state index is -0.546. The smallest absolute Gasteiger partial charge is 0.157 e. The zero-order valence-corrected chi connectivity index (χ0v) is 8.08. The van der Waals surface area contributed by atoms with E-state index in [4.69, 9.17) is 4.74 Å². The number of aliphatic hydroxyl groups is 1. The van der Waals surface area contributed by atoms with Gasteiger partial charge >= 0.3 is 0 Å². The van der Waals surface area contributed by atoms with Gasteiger partial charge in [-0.05, 0) is 26.2 Å². The van der Waals surface area contributed by atoms with Gasteiger partial charge in [0.1, 0.15) is 0 Å². The molecule has 1 heterocycles. The molecule has 3 atom stereocenters. The second-order valence-electron chi connectivity index (χ2n) is 3.88. The van der Waals surface area contributed by atoms with Crippen molar-refractivity contribution >= 4 is 0 Å². The number of hydrogen-bond acceptors (Lipinski definition) is 2. The normalized spacial score (nSPS) is 35.2. The molecule has 0 aliphatic carbocycles. The highest BCUT2D eigenvalue weighted by Crippen LogP contribution is 2.28. The minimum absolute atomic E-state index is 0.292. The second kappa shape index (κ2) is 4.06. The molecule has 0 amide bonds. The van der Waals surface area contributed by atoms with Crippen molar-refractivity contribution in [1.82, 2.24) is 0 Å². The molecule has 1 N–H and O–H groups in total. The third-order valence-electron chi connectivity index (χ3n) is 2.43. The van der Waals surface area contributed by atoms with Gasteiger partial charge < -0.3 is 9.84 Å². The van der Waals surface area contributed by atoms with Crippen LogP contribution >= 0.6 is 0 Å². The summed E-state index contributed by atoms with van der Waals surface area (Å²) in [5, 5.41) is 9.42. The molecule has 1 saturated heterocycles. The summed E-state index contributed by atoms with van der Waals surface area (Å²) in [6.45, 7) is 6.97. The summed E-state index contributed by atoms with van der Waals surface area (Å²) in [5.41, 5.74) is 1.31. The van der Waals surface area contributed by atoms with E-state index in [-0.39, 0.29) is 0 Å². The van der Waals surface area contributed by atoms with E-state index in [1.807, 2.05) is 0 Å². The number of rotatable bonds is 2. The van der Waals surface area contributed by atoms with Crippen molar-refractivity contribution in [2.24, 2.45) is 11.8 Å². The highest BCUT2D eigenvalue weighted by molar-refractivity contribution is 4.95. The van der Waals surface area contributed by atoms with Gasteiger partial charge in [-0.1, -0.05) is 18.6 Å². The highest BCUT2D eigenvalue weighted by Gasteiger charge is 2.31. The Bertz CT molecular complexity index is 161. The fourth-order valence-electron chi connectivity index (χ4n) is 1.50. The van der Waals surface area contributed by atoms with E-state index in [0.717, 1.165) is 6.42 Å². The molecule has 0 saturated carbocycles. The zero-order valence-electron chi connectivity index (χ0n) is 8.08. The zero-order chi connectivity index (χ0) is 9.14. The molecule has 1 unspecified atom stereocenters. The lowest BCUT2D eigenvalue weighted by Crippen LogP contribution is -2.17. The lowest BCUT2D eigenvalue weighted by atomic mass is 9.93. The molecule has 0 bridgehead atoms. The average molecular weight is 170 g/mol. The van der Waals surface area contributed by atoms with Crippen molar-refractivity contribution in [3.63, 3.8) is 0 Å². The van der Waals surface area contributed by atoms with Gasteiger partial charge in [-0.15, -0.1) is 0 Å². The Morgan fingerprint density at radius 2 is 2.25 bits per heavy atom. The third-order valence-corrected chi connectivity index (χ3v) is 2.43. The lowest BCUT2D eigenvalue weighted by Gasteiger charge is -2.14. The number of aliphatic hydroxyl groups excluding tert-OH is 1. The van der Waals surface area contributed by atoms with Crippen molar-refractivity contribution in [3.05, 3.63) is 11.6 Å². The van der Waals surface area contributed by atoms with Crippen LogP contribution in [0.5, 0.6) is 0 Å². The summed E-state index contributed by atoms with van der Waals surface area (Å²) in [5.74, 6) is 0.774. The van der Waals surface area contributed by atoms with Crippen molar-refractivity contribution in [1.29, 1.82) is 0 Å². The summed E-state index contributed by atoms with van der Waals surface area (Å²) < 4.78 is 5.14. The quantitative estimate of drug-likeness (QED) is 0.642. The van der Waals surface area contributed by atoms with Gasteiger partial charge in [0.15, 0.2) is 6.29 Å². The molecular formula is C10H18O2. The van der Waals surface area contributed by atoms with Gasteiger partial charge in [-0.25, -0.2) is 0 Å². The number of ether oxygens (including phenoxy) is 1. The molecule has 0 aromatic rings. The lowest BCUT2D eigenvalue weighted by molar-refractivity contribution is -0.0815. The first-order valence-electron chi connectivity index (χ1n) is 4.54. The first-order chi connectivity index (χ1) is 5.61. The third kappa shape index (κ3) is 2.32. The van der Waals surface area contributed by atoms with Gasteiger partial charge in [0.25, 0.3) is 0 Å². The number of allylic oxidation sites excluding steroid dienone is 2. The van der Waals surface area contributed by atoms with Crippen LogP contribution in [-0.2, 0) is 4.74 Å². The fraction of sp³-hybridized carbons (Fsp3) is 0.800. The van der Waals surface area contributed by atoms with Crippen LogP contribution < -0.4 is 0 Å². The molecule has 70 valence electrons. The number of hydrogen-bond donors (Lipinski definition) is 1. The fourth-order valence-corrected chi connectivity index (χ4v) is 1.50. The summed E-state index contributed by atoms with van der Waals surface area (Å²) in [4.78, 5) is 0. The van der Waals surface area contributed by atoms with E-state index in [0.29, 0.717) is 18.4 Å². The minimum Gasteiger partial charge on any atom is -0.368 e. The van der Waals surface area contributed by atoms with Crippen LogP contribution in [-0.4, -0.2) is 18.0 Å². The van der Waals surface area contributed by atoms with E-state index in [1.165, 1.54) is 5.57 Å². The molecule has 2 heteroatoms. The predicted octanol–water partition coefficient (Wildman–Crippen LogP) is 1.94. The molecule has 1 aliphatic rings. The van der Waals surface area contributed by atoms with Crippen LogP contribution in [0.15, 0.2) is 11.6 Å². The maximum Gasteiger partial charge on any atom is 0.157 e. The predicted molar refractivity (Wildman–Crippen MR) is 48.7 cm³/mol. The summed E-state index contributed by atoms with van der Waals surface area (Å²) >= 11 is 0. The van der Waals surface area contributed by atoms with Crippen LogP contribution in [0.4, 0.5) is 0 Å². The maximum atomic E-state index is 9.42. The molecule has 0 aromatic heterocycles. The Morgan fingerprint density at radius 3 is 2.67 bits per heavy atom. The van der Waals surface area contributed by atoms with E-state index < -0.39 is 6.29 Å². The van der Waals surface area contributed by atoms with E-state index in [2.05, 4.69) is 26.8 Å². The average Bonchev–Trinajstić information content (AvgIpc) is 2.28. The van der Waals surface area contributed by atoms with Crippen LogP contribution in [0.25, 0.3) is 0 Å². The molecule has 1 rings (SSSR count). The van der Waals surface area contributed by atoms with Gasteiger partial charge in [0, 0.05) is 5.92 Å². The molecule has 1 fully saturated rings. The molecule has 0 radical (unpaired) electrons. The summed E-state index contributed by atoms with van der Waals surface area (Å²) in [6.07, 6.45) is 2.56. The SMILES string of the molecule is CC(C)=CC[C@H]1C(O)OC[C@@H]1C. The van der Waals surface area contributed by atoms with Crippen LogP contribution in [0.1, 0.15) is 27.2 Å². The van der Waals surface area contributed by atoms with Crippen molar-refractivity contribution in [2.75, 3.05) is 6.61 Å². The van der Waals surface area contributed by atoms with E-state index in [1.54, 1.807) is 0 Å². The Hall–Kier alpha value is -0.340. The van der Waals surface area contributed by atoms with Crippen molar-refractivity contribution in [3.8, 4) is 0 Å². The maximum absolute atomic E-state index is 9.42. The van der Waals surface area contributed by atoms with Crippen molar-refractivity contribution < 1.29 is 9.84 Å². The van der Waals surface area contributed by atoms with Gasteiger partial charge in [-0.2, -0.15) is 0 Å². The van der Waals surface area contributed by atoms with E-state index in [9.17, 15) is 5.11 Å². The highest BCUT2D eigenvalue weighted by atomic mass is 16.6. The van der Waals surface area contributed by atoms with Crippen LogP contribution in [0, 0.1) is 11.8 Å². The Balaban J connectivity index is 2.45. The molecular weight excluding hydrogens is 152 g/mol. The molecule has 0 spiro atoms. The molecule has 2 nitrogen and oxygen atoms in total. The first-order valence-corrected chi connectivity index (χ1v) is 4.54. The standard InChI is InChI=1S/C10H18O2/c1-7(2)4-5-9-8(3)6-12-10(9)11/h4,8-11H,5-6H2,1-3H3/t8-,9+,10?/m0/s1. The van der Waals surface area contributed by atoms with Gasteiger partial charge in [-0.3, -0.25) is 0 Å². The largest absolute Gasteiger partial charge is 0.368 e. The Kier molecular flexibility index (Phi) is 3.29. The van der Waals surface area contributed by atoms with Crippen molar-refractivity contribution in [2.45, 2.75) is 33.5 Å². The molecule has 1 aliphatic heterocycles. The Morgan fingerprint density at radius 1 is 1.58 bits per heavy atom. The van der Waals surface area contributed by atoms with Gasteiger partial charge in [0.2, 0.25) is 0 Å². The molecule has 0 aromatic carbocycles. The topological polar surface area (TPSA) is 29.5 Å².